The first-order chi connectivity index (χ1) is 13.4. The van der Waals surface area contributed by atoms with Gasteiger partial charge in [-0.3, -0.25) is 0 Å². The highest BCUT2D eigenvalue weighted by Gasteiger charge is 2.12. The van der Waals surface area contributed by atoms with Crippen molar-refractivity contribution in [3.63, 3.8) is 0 Å². The van der Waals surface area contributed by atoms with Gasteiger partial charge in [0.15, 0.2) is 0 Å². The van der Waals surface area contributed by atoms with E-state index in [1.807, 2.05) is 36.4 Å². The Bertz CT molecular complexity index is 1070. The van der Waals surface area contributed by atoms with Gasteiger partial charge in [-0.15, -0.1) is 0 Å². The fourth-order valence-corrected chi connectivity index (χ4v) is 3.61. The molecule has 3 aromatic carbocycles. The quantitative estimate of drug-likeness (QED) is 0.383. The van der Waals surface area contributed by atoms with Crippen molar-refractivity contribution in [2.75, 3.05) is 0 Å². The highest BCUT2D eigenvalue weighted by Crippen LogP contribution is 2.23. The summed E-state index contributed by atoms with van der Waals surface area (Å²) in [6.07, 6.45) is 1.40. The molecule has 0 amide bonds. The van der Waals surface area contributed by atoms with Crippen molar-refractivity contribution in [3.05, 3.63) is 93.4 Å². The second-order valence-corrected chi connectivity index (χ2v) is 8.78. The molecule has 0 saturated carbocycles. The van der Waals surface area contributed by atoms with Crippen molar-refractivity contribution in [2.24, 2.45) is 5.10 Å². The summed E-state index contributed by atoms with van der Waals surface area (Å²) in [7, 11) is -3.78. The molecule has 0 aliphatic carbocycles. The molecule has 5 nitrogen and oxygen atoms in total. The van der Waals surface area contributed by atoms with Crippen LogP contribution < -0.4 is 9.57 Å². The number of nitrogens with one attached hydrogen (secondary N) is 1. The van der Waals surface area contributed by atoms with Crippen LogP contribution in [0.25, 0.3) is 0 Å². The highest BCUT2D eigenvalue weighted by molar-refractivity contribution is 9.10. The minimum Gasteiger partial charge on any atom is -0.488 e. The van der Waals surface area contributed by atoms with Crippen molar-refractivity contribution in [1.29, 1.82) is 0 Å². The lowest BCUT2D eigenvalue weighted by atomic mass is 10.2. The van der Waals surface area contributed by atoms with E-state index in [4.69, 9.17) is 16.3 Å². The summed E-state index contributed by atoms with van der Waals surface area (Å²) in [6.45, 7) is 0.389. The molecule has 0 aliphatic rings. The number of nitrogens with zero attached hydrogens (tertiary/aromatic N) is 1. The lowest BCUT2D eigenvalue weighted by Gasteiger charge is -2.10. The van der Waals surface area contributed by atoms with E-state index in [2.05, 4.69) is 25.9 Å². The molecule has 0 radical (unpaired) electrons. The molecule has 0 aliphatic heterocycles. The number of ether oxygens (including phenoxy) is 1. The van der Waals surface area contributed by atoms with Crippen LogP contribution in [0.4, 0.5) is 0 Å². The lowest BCUT2D eigenvalue weighted by molar-refractivity contribution is 0.305. The Labute approximate surface area is 177 Å². The van der Waals surface area contributed by atoms with E-state index in [0.717, 1.165) is 10.0 Å². The average Bonchev–Trinajstić information content (AvgIpc) is 2.68. The van der Waals surface area contributed by atoms with Gasteiger partial charge < -0.3 is 4.74 Å². The van der Waals surface area contributed by atoms with Crippen LogP contribution in [0.5, 0.6) is 5.75 Å². The SMILES string of the molecule is O=S(=O)(N/N=C\c1cc(Br)ccc1OCc1ccccc1)c1ccc(Cl)cc1. The van der Waals surface area contributed by atoms with Gasteiger partial charge in [0.05, 0.1) is 11.1 Å². The van der Waals surface area contributed by atoms with Crippen LogP contribution >= 0.6 is 27.5 Å². The topological polar surface area (TPSA) is 67.8 Å². The molecule has 144 valence electrons. The first kappa shape index (κ1) is 20.4. The molecule has 0 fully saturated rings. The maximum Gasteiger partial charge on any atom is 0.276 e. The number of hydrazone groups is 1. The van der Waals surface area contributed by atoms with Crippen molar-refractivity contribution in [3.8, 4) is 5.75 Å². The third kappa shape index (κ3) is 5.58. The Morgan fingerprint density at radius 3 is 2.46 bits per heavy atom. The number of sulfonamides is 1. The van der Waals surface area contributed by atoms with E-state index >= 15 is 0 Å². The first-order valence-electron chi connectivity index (χ1n) is 8.21. The van der Waals surface area contributed by atoms with Gasteiger partial charge in [-0.05, 0) is 48.0 Å². The third-order valence-corrected chi connectivity index (χ3v) is 5.69. The molecule has 28 heavy (non-hydrogen) atoms. The van der Waals surface area contributed by atoms with Gasteiger partial charge in [-0.25, -0.2) is 4.83 Å². The molecule has 0 heterocycles. The maximum atomic E-state index is 12.3. The number of halogens is 2. The van der Waals surface area contributed by atoms with Gasteiger partial charge in [0.25, 0.3) is 10.0 Å². The first-order valence-corrected chi connectivity index (χ1v) is 10.9. The molecular weight excluding hydrogens is 464 g/mol. The van der Waals surface area contributed by atoms with Crippen molar-refractivity contribution in [2.45, 2.75) is 11.5 Å². The van der Waals surface area contributed by atoms with Crippen LogP contribution in [0.2, 0.25) is 5.02 Å². The number of hydrogen-bond donors (Lipinski definition) is 1. The maximum absolute atomic E-state index is 12.3. The molecule has 0 atom stereocenters. The van der Waals surface area contributed by atoms with Crippen LogP contribution in [-0.2, 0) is 16.6 Å². The molecule has 3 rings (SSSR count). The fourth-order valence-electron chi connectivity index (χ4n) is 2.32. The lowest BCUT2D eigenvalue weighted by Crippen LogP contribution is -2.18. The van der Waals surface area contributed by atoms with Crippen LogP contribution in [-0.4, -0.2) is 14.6 Å². The van der Waals surface area contributed by atoms with Gasteiger partial charge >= 0.3 is 0 Å². The van der Waals surface area contributed by atoms with E-state index in [1.165, 1.54) is 30.5 Å². The molecule has 0 saturated heterocycles. The Morgan fingerprint density at radius 2 is 1.75 bits per heavy atom. The van der Waals surface area contributed by atoms with Gasteiger partial charge in [0.1, 0.15) is 12.4 Å². The zero-order valence-corrected chi connectivity index (χ0v) is 17.7. The molecule has 3 aromatic rings. The Kier molecular flexibility index (Phi) is 6.72. The average molecular weight is 480 g/mol. The predicted molar refractivity (Wildman–Crippen MR) is 114 cm³/mol. The zero-order chi connectivity index (χ0) is 20.0. The van der Waals surface area contributed by atoms with Gasteiger partial charge in [0, 0.05) is 15.1 Å². The van der Waals surface area contributed by atoms with Crippen LogP contribution in [0.15, 0.2) is 87.3 Å². The summed E-state index contributed by atoms with van der Waals surface area (Å²) in [6, 6.07) is 21.0. The van der Waals surface area contributed by atoms with Crippen LogP contribution in [0.1, 0.15) is 11.1 Å². The second kappa shape index (κ2) is 9.23. The Morgan fingerprint density at radius 1 is 1.04 bits per heavy atom. The molecule has 1 N–H and O–H groups in total. The molecule has 0 bridgehead atoms. The van der Waals surface area contributed by atoms with Crippen molar-refractivity contribution < 1.29 is 13.2 Å². The summed E-state index contributed by atoms with van der Waals surface area (Å²) >= 11 is 9.19. The summed E-state index contributed by atoms with van der Waals surface area (Å²) in [5.41, 5.74) is 1.65. The largest absolute Gasteiger partial charge is 0.488 e. The fraction of sp³-hybridized carbons (Fsp3) is 0.0500. The van der Waals surface area contributed by atoms with Crippen molar-refractivity contribution in [1.82, 2.24) is 4.83 Å². The smallest absolute Gasteiger partial charge is 0.276 e. The molecule has 8 heteroatoms. The summed E-state index contributed by atoms with van der Waals surface area (Å²) in [5.74, 6) is 0.585. The molecule has 0 aromatic heterocycles. The van der Waals surface area contributed by atoms with Crippen molar-refractivity contribution >= 4 is 43.8 Å². The normalized spacial score (nSPS) is 11.5. The Balaban J connectivity index is 1.73. The van der Waals surface area contributed by atoms with Crippen LogP contribution in [0, 0.1) is 0 Å². The Hall–Kier alpha value is -2.35. The van der Waals surface area contributed by atoms with Gasteiger partial charge in [-0.2, -0.15) is 13.5 Å². The van der Waals surface area contributed by atoms with E-state index in [-0.39, 0.29) is 4.90 Å². The van der Waals surface area contributed by atoms with E-state index < -0.39 is 10.0 Å². The second-order valence-electron chi connectivity index (χ2n) is 5.76. The molecular formula is C20H16BrClN2O3S. The molecule has 0 spiro atoms. The predicted octanol–water partition coefficient (Wildman–Crippen LogP) is 4.99. The minimum absolute atomic E-state index is 0.0730. The third-order valence-electron chi connectivity index (χ3n) is 3.71. The standard InChI is InChI=1S/C20H16BrClN2O3S/c21-17-6-11-20(27-14-15-4-2-1-3-5-15)16(12-17)13-23-24-28(25,26)19-9-7-18(22)8-10-19/h1-13,24H,14H2/b23-13-. The number of rotatable bonds is 7. The summed E-state index contributed by atoms with van der Waals surface area (Å²) in [5, 5.41) is 4.33. The highest BCUT2D eigenvalue weighted by atomic mass is 79.9. The monoisotopic (exact) mass is 478 g/mol. The van der Waals surface area contributed by atoms with Crippen LogP contribution in [0.3, 0.4) is 0 Å². The summed E-state index contributed by atoms with van der Waals surface area (Å²) in [4.78, 5) is 2.26. The van der Waals surface area contributed by atoms with Gasteiger partial charge in [-0.1, -0.05) is 57.9 Å². The minimum atomic E-state index is -3.78. The number of benzene rings is 3. The number of hydrogen-bond acceptors (Lipinski definition) is 4. The van der Waals surface area contributed by atoms with E-state index in [9.17, 15) is 8.42 Å². The zero-order valence-electron chi connectivity index (χ0n) is 14.5. The van der Waals surface area contributed by atoms with E-state index in [1.54, 1.807) is 12.1 Å². The molecule has 0 unspecified atom stereocenters. The van der Waals surface area contributed by atoms with E-state index in [0.29, 0.717) is 22.9 Å². The summed E-state index contributed by atoms with van der Waals surface area (Å²) < 4.78 is 31.3. The van der Waals surface area contributed by atoms with Gasteiger partial charge in [0.2, 0.25) is 0 Å².